The molecule has 3 nitrogen and oxygen atoms in total. The number of hydrogen-bond donors (Lipinski definition) is 1. The predicted octanol–water partition coefficient (Wildman–Crippen LogP) is 5.57. The van der Waals surface area contributed by atoms with E-state index in [1.54, 1.807) is 19.1 Å². The number of ether oxygens (including phenoxy) is 1. The average molecular weight is 346 g/mol. The van der Waals surface area contributed by atoms with E-state index in [-0.39, 0.29) is 5.91 Å². The summed E-state index contributed by atoms with van der Waals surface area (Å²) in [6, 6.07) is 13.3. The maximum absolute atomic E-state index is 12.5. The van der Waals surface area contributed by atoms with Crippen molar-refractivity contribution in [1.82, 2.24) is 0 Å². The van der Waals surface area contributed by atoms with Gasteiger partial charge >= 0.3 is 0 Å². The van der Waals surface area contributed by atoms with Crippen LogP contribution in [0.5, 0.6) is 5.75 Å². The SMILES string of the molecule is CC[C@H](C)c1ccccc1NC(=O)[C@@H](C)Oc1ccc(Cl)c(C)c1. The van der Waals surface area contributed by atoms with Crippen molar-refractivity contribution in [1.29, 1.82) is 0 Å². The molecule has 0 unspecified atom stereocenters. The number of carbonyl (C=O) groups excluding carboxylic acids is 1. The Bertz CT molecular complexity index is 715. The van der Waals surface area contributed by atoms with E-state index in [1.807, 2.05) is 31.2 Å². The van der Waals surface area contributed by atoms with Gasteiger partial charge in [0.05, 0.1) is 0 Å². The molecule has 1 amide bonds. The van der Waals surface area contributed by atoms with Crippen molar-refractivity contribution in [2.24, 2.45) is 0 Å². The Morgan fingerprint density at radius 1 is 1.21 bits per heavy atom. The lowest BCUT2D eigenvalue weighted by atomic mass is 9.97. The number of carbonyl (C=O) groups is 1. The van der Waals surface area contributed by atoms with Gasteiger partial charge in [0.15, 0.2) is 6.10 Å². The molecule has 1 N–H and O–H groups in total. The van der Waals surface area contributed by atoms with Crippen molar-refractivity contribution in [3.8, 4) is 5.75 Å². The van der Waals surface area contributed by atoms with Gasteiger partial charge in [0.2, 0.25) is 0 Å². The van der Waals surface area contributed by atoms with Crippen LogP contribution in [0.15, 0.2) is 42.5 Å². The summed E-state index contributed by atoms with van der Waals surface area (Å²) in [7, 11) is 0. The normalized spacial score (nSPS) is 13.2. The monoisotopic (exact) mass is 345 g/mol. The third-order valence-electron chi connectivity index (χ3n) is 4.17. The molecule has 0 saturated carbocycles. The standard InChI is InChI=1S/C20H24ClNO2/c1-5-13(2)17-8-6-7-9-19(17)22-20(23)15(4)24-16-10-11-18(21)14(3)12-16/h6-13,15H,5H2,1-4H3,(H,22,23)/t13-,15+/m0/s1. The van der Waals surface area contributed by atoms with E-state index >= 15 is 0 Å². The van der Waals surface area contributed by atoms with Gasteiger partial charge in [0.25, 0.3) is 5.91 Å². The summed E-state index contributed by atoms with van der Waals surface area (Å²) in [5, 5.41) is 3.66. The van der Waals surface area contributed by atoms with Crippen LogP contribution < -0.4 is 10.1 Å². The lowest BCUT2D eigenvalue weighted by Gasteiger charge is -2.19. The lowest BCUT2D eigenvalue weighted by molar-refractivity contribution is -0.122. The zero-order chi connectivity index (χ0) is 17.7. The summed E-state index contributed by atoms with van der Waals surface area (Å²) in [6.45, 7) is 7.94. The molecule has 2 rings (SSSR count). The molecule has 0 radical (unpaired) electrons. The van der Waals surface area contributed by atoms with Crippen LogP contribution in [-0.2, 0) is 4.79 Å². The molecule has 0 saturated heterocycles. The third-order valence-corrected chi connectivity index (χ3v) is 4.60. The molecule has 2 aromatic rings. The highest BCUT2D eigenvalue weighted by atomic mass is 35.5. The maximum atomic E-state index is 12.5. The molecule has 24 heavy (non-hydrogen) atoms. The van der Waals surface area contributed by atoms with Gasteiger partial charge in [-0.2, -0.15) is 0 Å². The van der Waals surface area contributed by atoms with Gasteiger partial charge in [-0.1, -0.05) is 43.6 Å². The van der Waals surface area contributed by atoms with Gasteiger partial charge in [-0.3, -0.25) is 4.79 Å². The predicted molar refractivity (Wildman–Crippen MR) is 100 cm³/mol. The minimum atomic E-state index is -0.601. The van der Waals surface area contributed by atoms with Crippen molar-refractivity contribution < 1.29 is 9.53 Å². The number of benzene rings is 2. The number of halogens is 1. The Morgan fingerprint density at radius 2 is 1.92 bits per heavy atom. The Kier molecular flexibility index (Phi) is 6.27. The van der Waals surface area contributed by atoms with Gasteiger partial charge in [0.1, 0.15) is 5.75 Å². The second-order valence-electron chi connectivity index (χ2n) is 6.06. The third kappa shape index (κ3) is 4.51. The summed E-state index contributed by atoms with van der Waals surface area (Å²) in [5.41, 5.74) is 2.91. The molecule has 0 aliphatic carbocycles. The summed E-state index contributed by atoms with van der Waals surface area (Å²) in [4.78, 5) is 12.5. The molecular formula is C20H24ClNO2. The summed E-state index contributed by atoms with van der Waals surface area (Å²) in [6.07, 6.45) is 0.416. The van der Waals surface area contributed by atoms with E-state index in [2.05, 4.69) is 25.2 Å². The summed E-state index contributed by atoms with van der Waals surface area (Å²) >= 11 is 6.01. The Hall–Kier alpha value is -2.00. The molecule has 2 atom stereocenters. The minimum Gasteiger partial charge on any atom is -0.481 e. The fourth-order valence-corrected chi connectivity index (χ4v) is 2.56. The van der Waals surface area contributed by atoms with Crippen LogP contribution in [0, 0.1) is 6.92 Å². The van der Waals surface area contributed by atoms with E-state index < -0.39 is 6.10 Å². The van der Waals surface area contributed by atoms with E-state index in [9.17, 15) is 4.79 Å². The van der Waals surface area contributed by atoms with Gasteiger partial charge in [-0.05, 0) is 61.6 Å². The number of amides is 1. The van der Waals surface area contributed by atoms with Crippen LogP contribution in [0.25, 0.3) is 0 Å². The first-order valence-corrected chi connectivity index (χ1v) is 8.62. The van der Waals surface area contributed by atoms with Crippen molar-refractivity contribution in [3.63, 3.8) is 0 Å². The first-order chi connectivity index (χ1) is 11.4. The molecule has 0 bridgehead atoms. The van der Waals surface area contributed by atoms with Gasteiger partial charge in [-0.25, -0.2) is 0 Å². The van der Waals surface area contributed by atoms with Crippen LogP contribution in [0.3, 0.4) is 0 Å². The van der Waals surface area contributed by atoms with Crippen molar-refractivity contribution >= 4 is 23.2 Å². The quantitative estimate of drug-likeness (QED) is 0.743. The van der Waals surface area contributed by atoms with Crippen molar-refractivity contribution in [2.45, 2.75) is 46.1 Å². The van der Waals surface area contributed by atoms with Gasteiger partial charge in [-0.15, -0.1) is 0 Å². The van der Waals surface area contributed by atoms with Crippen LogP contribution in [0.4, 0.5) is 5.69 Å². The minimum absolute atomic E-state index is 0.168. The molecule has 0 aliphatic rings. The molecule has 0 aromatic heterocycles. The fraction of sp³-hybridized carbons (Fsp3) is 0.350. The summed E-state index contributed by atoms with van der Waals surface area (Å²) in [5.74, 6) is 0.852. The van der Waals surface area contributed by atoms with Gasteiger partial charge in [0, 0.05) is 10.7 Å². The lowest BCUT2D eigenvalue weighted by Crippen LogP contribution is -2.30. The van der Waals surface area contributed by atoms with E-state index in [0.717, 1.165) is 23.2 Å². The maximum Gasteiger partial charge on any atom is 0.265 e. The van der Waals surface area contributed by atoms with Crippen molar-refractivity contribution in [3.05, 3.63) is 58.6 Å². The zero-order valence-corrected chi connectivity index (χ0v) is 15.4. The number of hydrogen-bond acceptors (Lipinski definition) is 2. The molecular weight excluding hydrogens is 322 g/mol. The number of para-hydroxylation sites is 1. The molecule has 0 aliphatic heterocycles. The van der Waals surface area contributed by atoms with Crippen LogP contribution in [-0.4, -0.2) is 12.0 Å². The number of rotatable bonds is 6. The molecule has 128 valence electrons. The summed E-state index contributed by atoms with van der Waals surface area (Å²) < 4.78 is 5.74. The number of aryl methyl sites for hydroxylation is 1. The van der Waals surface area contributed by atoms with Crippen LogP contribution in [0.2, 0.25) is 5.02 Å². The second-order valence-corrected chi connectivity index (χ2v) is 6.46. The topological polar surface area (TPSA) is 38.3 Å². The Balaban J connectivity index is 2.08. The largest absolute Gasteiger partial charge is 0.481 e. The van der Waals surface area contributed by atoms with E-state index in [4.69, 9.17) is 16.3 Å². The molecule has 0 heterocycles. The van der Waals surface area contributed by atoms with E-state index in [1.165, 1.54) is 0 Å². The highest BCUT2D eigenvalue weighted by Gasteiger charge is 2.17. The average Bonchev–Trinajstić information content (AvgIpc) is 2.58. The fourth-order valence-electron chi connectivity index (χ4n) is 2.44. The second kappa shape index (κ2) is 8.20. The molecule has 2 aromatic carbocycles. The Morgan fingerprint density at radius 3 is 2.58 bits per heavy atom. The number of nitrogens with one attached hydrogen (secondary N) is 1. The molecule has 0 fully saturated rings. The van der Waals surface area contributed by atoms with Gasteiger partial charge < -0.3 is 10.1 Å². The molecule has 4 heteroatoms. The number of anilines is 1. The smallest absolute Gasteiger partial charge is 0.265 e. The Labute approximate surface area is 149 Å². The molecule has 0 spiro atoms. The van der Waals surface area contributed by atoms with Crippen molar-refractivity contribution in [2.75, 3.05) is 5.32 Å². The van der Waals surface area contributed by atoms with E-state index in [0.29, 0.717) is 16.7 Å². The first-order valence-electron chi connectivity index (χ1n) is 8.25. The highest BCUT2D eigenvalue weighted by molar-refractivity contribution is 6.31. The van der Waals surface area contributed by atoms with Crippen LogP contribution in [0.1, 0.15) is 44.2 Å². The highest BCUT2D eigenvalue weighted by Crippen LogP contribution is 2.27. The van der Waals surface area contributed by atoms with Crippen LogP contribution >= 0.6 is 11.6 Å². The first kappa shape index (κ1) is 18.3. The zero-order valence-electron chi connectivity index (χ0n) is 14.6.